The van der Waals surface area contributed by atoms with Crippen LogP contribution in [0.2, 0.25) is 0 Å². The largest absolute Gasteiger partial charge is 0.463 e. The van der Waals surface area contributed by atoms with Crippen molar-refractivity contribution in [2.75, 3.05) is 13.2 Å². The minimum absolute atomic E-state index is 0.0322. The van der Waals surface area contributed by atoms with Crippen LogP contribution in [-0.2, 0) is 14.3 Å². The molecule has 1 saturated heterocycles. The van der Waals surface area contributed by atoms with Crippen molar-refractivity contribution in [1.29, 1.82) is 0 Å². The van der Waals surface area contributed by atoms with Crippen LogP contribution in [0.5, 0.6) is 0 Å². The molecule has 1 aliphatic heterocycles. The predicted molar refractivity (Wildman–Crippen MR) is 55.3 cm³/mol. The van der Waals surface area contributed by atoms with E-state index < -0.39 is 0 Å². The monoisotopic (exact) mass is 216 g/mol. The van der Waals surface area contributed by atoms with Crippen LogP contribution in [-0.4, -0.2) is 36.5 Å². The minimum Gasteiger partial charge on any atom is -0.463 e. The number of carbonyl (C=O) groups is 1. The number of aliphatic hydroxyl groups is 1. The van der Waals surface area contributed by atoms with E-state index in [1.54, 1.807) is 0 Å². The van der Waals surface area contributed by atoms with E-state index >= 15 is 0 Å². The Morgan fingerprint density at radius 3 is 2.53 bits per heavy atom. The van der Waals surface area contributed by atoms with Gasteiger partial charge in [0, 0.05) is 6.92 Å². The topological polar surface area (TPSA) is 55.8 Å². The summed E-state index contributed by atoms with van der Waals surface area (Å²) < 4.78 is 10.6. The van der Waals surface area contributed by atoms with Crippen molar-refractivity contribution in [1.82, 2.24) is 0 Å². The van der Waals surface area contributed by atoms with Crippen LogP contribution in [0, 0.1) is 11.8 Å². The molecule has 0 radical (unpaired) electrons. The number of hydrogen-bond acceptors (Lipinski definition) is 4. The summed E-state index contributed by atoms with van der Waals surface area (Å²) in [5.41, 5.74) is 0. The molecule has 4 atom stereocenters. The lowest BCUT2D eigenvalue weighted by atomic mass is 9.86. The van der Waals surface area contributed by atoms with E-state index in [4.69, 9.17) is 14.6 Å². The first-order valence-corrected chi connectivity index (χ1v) is 5.44. The third kappa shape index (κ3) is 3.47. The Bertz CT molecular complexity index is 217. The maximum Gasteiger partial charge on any atom is 0.302 e. The Balaban J connectivity index is 2.46. The van der Waals surface area contributed by atoms with Gasteiger partial charge in [0.1, 0.15) is 6.61 Å². The molecule has 0 aliphatic carbocycles. The number of hydrogen-bond donors (Lipinski definition) is 1. The van der Waals surface area contributed by atoms with Crippen molar-refractivity contribution >= 4 is 5.97 Å². The zero-order valence-electron chi connectivity index (χ0n) is 9.60. The molecular formula is C11H20O4. The van der Waals surface area contributed by atoms with Crippen LogP contribution >= 0.6 is 0 Å². The molecular weight excluding hydrogens is 196 g/mol. The first-order chi connectivity index (χ1) is 7.04. The van der Waals surface area contributed by atoms with Gasteiger partial charge in [0.05, 0.1) is 18.8 Å². The van der Waals surface area contributed by atoms with Gasteiger partial charge >= 0.3 is 5.97 Å². The number of aliphatic hydroxyl groups excluding tert-OH is 1. The smallest absolute Gasteiger partial charge is 0.302 e. The Kier molecular flexibility index (Phi) is 4.54. The fraction of sp³-hybridized carbons (Fsp3) is 0.909. The summed E-state index contributed by atoms with van der Waals surface area (Å²) in [5, 5.41) is 9.11. The normalized spacial score (nSPS) is 36.3. The van der Waals surface area contributed by atoms with Crippen molar-refractivity contribution < 1.29 is 19.4 Å². The molecule has 1 fully saturated rings. The molecule has 4 nitrogen and oxygen atoms in total. The first kappa shape index (κ1) is 12.5. The van der Waals surface area contributed by atoms with Crippen molar-refractivity contribution in [3.8, 4) is 0 Å². The molecule has 0 saturated carbocycles. The van der Waals surface area contributed by atoms with Crippen molar-refractivity contribution in [3.05, 3.63) is 0 Å². The second kappa shape index (κ2) is 5.47. The minimum atomic E-state index is -0.287. The van der Waals surface area contributed by atoms with Gasteiger partial charge in [-0.1, -0.05) is 13.8 Å². The fourth-order valence-corrected chi connectivity index (χ4v) is 2.01. The van der Waals surface area contributed by atoms with E-state index in [-0.39, 0.29) is 24.8 Å². The van der Waals surface area contributed by atoms with E-state index in [0.717, 1.165) is 6.42 Å². The van der Waals surface area contributed by atoms with E-state index in [1.165, 1.54) is 6.92 Å². The van der Waals surface area contributed by atoms with E-state index in [2.05, 4.69) is 13.8 Å². The second-order valence-corrected chi connectivity index (χ2v) is 4.39. The third-order valence-corrected chi connectivity index (χ3v) is 2.99. The zero-order valence-corrected chi connectivity index (χ0v) is 9.60. The van der Waals surface area contributed by atoms with Crippen LogP contribution < -0.4 is 0 Å². The summed E-state index contributed by atoms with van der Waals surface area (Å²) >= 11 is 0. The highest BCUT2D eigenvalue weighted by Gasteiger charge is 2.33. The van der Waals surface area contributed by atoms with E-state index in [0.29, 0.717) is 18.4 Å². The van der Waals surface area contributed by atoms with Gasteiger partial charge in [-0.2, -0.15) is 0 Å². The van der Waals surface area contributed by atoms with Crippen LogP contribution in [0.1, 0.15) is 27.2 Å². The Labute approximate surface area is 90.6 Å². The molecule has 1 N–H and O–H groups in total. The number of carbonyl (C=O) groups excluding carboxylic acids is 1. The molecule has 0 aromatic heterocycles. The molecule has 0 unspecified atom stereocenters. The standard InChI is InChI=1S/C11H20O4/c1-7-4-8(2)11(6-14-9(3)13)15-10(7)5-12/h7-8,10-12H,4-6H2,1-3H3/t7-,8+,10-,11+/m0/s1. The molecule has 1 aliphatic rings. The van der Waals surface area contributed by atoms with Gasteiger partial charge in [-0.05, 0) is 18.3 Å². The molecule has 0 bridgehead atoms. The van der Waals surface area contributed by atoms with Crippen molar-refractivity contribution in [2.45, 2.75) is 39.4 Å². The molecule has 0 amide bonds. The van der Waals surface area contributed by atoms with Gasteiger partial charge in [0.15, 0.2) is 0 Å². The van der Waals surface area contributed by atoms with E-state index in [1.807, 2.05) is 0 Å². The molecule has 0 spiro atoms. The zero-order chi connectivity index (χ0) is 11.4. The van der Waals surface area contributed by atoms with Crippen molar-refractivity contribution in [2.24, 2.45) is 11.8 Å². The number of rotatable bonds is 3. The lowest BCUT2D eigenvalue weighted by Gasteiger charge is -2.37. The molecule has 88 valence electrons. The number of ether oxygens (including phenoxy) is 2. The molecule has 1 rings (SSSR count). The highest BCUT2D eigenvalue weighted by molar-refractivity contribution is 5.65. The molecule has 15 heavy (non-hydrogen) atoms. The third-order valence-electron chi connectivity index (χ3n) is 2.99. The Morgan fingerprint density at radius 1 is 1.40 bits per heavy atom. The Hall–Kier alpha value is -0.610. The van der Waals surface area contributed by atoms with Crippen LogP contribution in [0.3, 0.4) is 0 Å². The second-order valence-electron chi connectivity index (χ2n) is 4.39. The van der Waals surface area contributed by atoms with Gasteiger partial charge in [0.2, 0.25) is 0 Å². The van der Waals surface area contributed by atoms with Gasteiger partial charge in [-0.3, -0.25) is 4.79 Å². The van der Waals surface area contributed by atoms with Gasteiger partial charge in [0.25, 0.3) is 0 Å². The average molecular weight is 216 g/mol. The van der Waals surface area contributed by atoms with Gasteiger partial charge in [-0.15, -0.1) is 0 Å². The summed E-state index contributed by atoms with van der Waals surface area (Å²) in [4.78, 5) is 10.7. The predicted octanol–water partition coefficient (Wildman–Crippen LogP) is 0.971. The first-order valence-electron chi connectivity index (χ1n) is 5.44. The maximum absolute atomic E-state index is 10.7. The summed E-state index contributed by atoms with van der Waals surface area (Å²) in [7, 11) is 0. The quantitative estimate of drug-likeness (QED) is 0.714. The SMILES string of the molecule is CC(=O)OC[C@H]1O[C@@H](CO)[C@@H](C)C[C@H]1C. The maximum atomic E-state index is 10.7. The van der Waals surface area contributed by atoms with Crippen LogP contribution in [0.25, 0.3) is 0 Å². The van der Waals surface area contributed by atoms with Crippen LogP contribution in [0.4, 0.5) is 0 Å². The molecule has 0 aromatic carbocycles. The van der Waals surface area contributed by atoms with Gasteiger partial charge in [-0.25, -0.2) is 0 Å². The van der Waals surface area contributed by atoms with Gasteiger partial charge < -0.3 is 14.6 Å². The van der Waals surface area contributed by atoms with E-state index in [9.17, 15) is 4.79 Å². The Morgan fingerprint density at radius 2 is 2.00 bits per heavy atom. The molecule has 1 heterocycles. The highest BCUT2D eigenvalue weighted by atomic mass is 16.6. The van der Waals surface area contributed by atoms with Crippen LogP contribution in [0.15, 0.2) is 0 Å². The van der Waals surface area contributed by atoms with Crippen molar-refractivity contribution in [3.63, 3.8) is 0 Å². The molecule has 0 aromatic rings. The summed E-state index contributed by atoms with van der Waals surface area (Å²) in [6.45, 7) is 5.86. The number of esters is 1. The average Bonchev–Trinajstić information content (AvgIpc) is 2.16. The lowest BCUT2D eigenvalue weighted by Crippen LogP contribution is -2.43. The summed E-state index contributed by atoms with van der Waals surface area (Å²) in [5.74, 6) is 0.436. The molecule has 4 heteroatoms. The fourth-order valence-electron chi connectivity index (χ4n) is 2.01. The highest BCUT2D eigenvalue weighted by Crippen LogP contribution is 2.29. The lowest BCUT2D eigenvalue weighted by molar-refractivity contribution is -0.163. The summed E-state index contributed by atoms with van der Waals surface area (Å²) in [6.07, 6.45) is 0.793. The summed E-state index contributed by atoms with van der Waals surface area (Å²) in [6, 6.07) is 0.